The molecule has 2 aromatic carbocycles. The van der Waals surface area contributed by atoms with Crippen molar-refractivity contribution in [2.75, 3.05) is 12.4 Å². The Morgan fingerprint density at radius 2 is 1.85 bits per heavy atom. The number of halogens is 4. The van der Waals surface area contributed by atoms with Crippen molar-refractivity contribution in [1.82, 2.24) is 0 Å². The number of hydrogen-bond acceptors (Lipinski definition) is 3. The molecule has 0 aromatic heterocycles. The van der Waals surface area contributed by atoms with Crippen molar-refractivity contribution in [3.63, 3.8) is 0 Å². The molecule has 140 valence electrons. The summed E-state index contributed by atoms with van der Waals surface area (Å²) in [6.07, 6.45) is -5.18. The molecule has 0 aliphatic carbocycles. The van der Waals surface area contributed by atoms with Crippen molar-refractivity contribution in [2.24, 2.45) is 0 Å². The van der Waals surface area contributed by atoms with Gasteiger partial charge in [-0.25, -0.2) is 0 Å². The van der Waals surface area contributed by atoms with Crippen LogP contribution in [0.15, 0.2) is 42.5 Å². The van der Waals surface area contributed by atoms with Gasteiger partial charge in [0.15, 0.2) is 17.6 Å². The third-order valence-electron chi connectivity index (χ3n) is 3.55. The Kier molecular flexibility index (Phi) is 6.37. The number of para-hydroxylation sites is 2. The number of carbonyl (C=O) groups excluding carboxylic acids is 1. The molecule has 0 aliphatic heterocycles. The van der Waals surface area contributed by atoms with Crippen molar-refractivity contribution < 1.29 is 27.4 Å². The molecule has 1 atom stereocenters. The summed E-state index contributed by atoms with van der Waals surface area (Å²) >= 11 is 5.90. The number of benzene rings is 2. The zero-order valence-electron chi connectivity index (χ0n) is 14.1. The van der Waals surface area contributed by atoms with Crippen LogP contribution in [0, 0.1) is 0 Å². The Morgan fingerprint density at radius 1 is 1.19 bits per heavy atom. The molecule has 0 saturated carbocycles. The van der Waals surface area contributed by atoms with E-state index >= 15 is 0 Å². The van der Waals surface area contributed by atoms with E-state index < -0.39 is 23.8 Å². The van der Waals surface area contributed by atoms with E-state index in [0.717, 1.165) is 18.2 Å². The minimum Gasteiger partial charge on any atom is -0.493 e. The standard InChI is InChI=1S/C18H17ClF3NO3/c1-3-14(26-16-7-5-4-6-15(16)25-2)17(24)23-13-10-11(18(20,21)22)8-9-12(13)19/h4-10,14H,3H2,1-2H3,(H,23,24). The van der Waals surface area contributed by atoms with Gasteiger partial charge in [-0.05, 0) is 36.8 Å². The first-order valence-corrected chi connectivity index (χ1v) is 8.11. The molecule has 4 nitrogen and oxygen atoms in total. The van der Waals surface area contributed by atoms with E-state index in [1.807, 2.05) is 0 Å². The number of rotatable bonds is 6. The normalized spacial score (nSPS) is 12.4. The smallest absolute Gasteiger partial charge is 0.416 e. The second-order valence-corrected chi connectivity index (χ2v) is 5.75. The molecule has 1 amide bonds. The van der Waals surface area contributed by atoms with Crippen LogP contribution in [0.1, 0.15) is 18.9 Å². The number of methoxy groups -OCH3 is 1. The zero-order valence-corrected chi connectivity index (χ0v) is 14.8. The Hall–Kier alpha value is -2.41. The monoisotopic (exact) mass is 387 g/mol. The first-order valence-electron chi connectivity index (χ1n) is 7.73. The highest BCUT2D eigenvalue weighted by Gasteiger charge is 2.31. The topological polar surface area (TPSA) is 47.6 Å². The third kappa shape index (κ3) is 4.82. The maximum atomic E-state index is 12.8. The quantitative estimate of drug-likeness (QED) is 0.744. The largest absolute Gasteiger partial charge is 0.493 e. The number of amides is 1. The highest BCUT2D eigenvalue weighted by atomic mass is 35.5. The highest BCUT2D eigenvalue weighted by Crippen LogP contribution is 2.34. The third-order valence-corrected chi connectivity index (χ3v) is 3.88. The fourth-order valence-corrected chi connectivity index (χ4v) is 2.37. The van der Waals surface area contributed by atoms with Crippen molar-refractivity contribution in [3.8, 4) is 11.5 Å². The predicted octanol–water partition coefficient (Wildman–Crippen LogP) is 5.16. The molecule has 0 radical (unpaired) electrons. The summed E-state index contributed by atoms with van der Waals surface area (Å²) in [4.78, 5) is 12.4. The maximum Gasteiger partial charge on any atom is 0.416 e. The molecule has 0 aliphatic rings. The van der Waals surface area contributed by atoms with Gasteiger partial charge in [0.1, 0.15) is 0 Å². The van der Waals surface area contributed by atoms with Crippen LogP contribution < -0.4 is 14.8 Å². The minimum atomic E-state index is -4.54. The van der Waals surface area contributed by atoms with Crippen LogP contribution in [0.25, 0.3) is 0 Å². The Balaban J connectivity index is 2.19. The number of alkyl halides is 3. The summed E-state index contributed by atoms with van der Waals surface area (Å²) in [5.41, 5.74) is -1.04. The van der Waals surface area contributed by atoms with E-state index in [4.69, 9.17) is 21.1 Å². The number of anilines is 1. The fourth-order valence-electron chi connectivity index (χ4n) is 2.20. The SMILES string of the molecule is CCC(Oc1ccccc1OC)C(=O)Nc1cc(C(F)(F)F)ccc1Cl. The molecule has 8 heteroatoms. The Labute approximate surface area is 153 Å². The van der Waals surface area contributed by atoms with E-state index in [1.165, 1.54) is 7.11 Å². The molecular weight excluding hydrogens is 371 g/mol. The van der Waals surface area contributed by atoms with Crippen LogP contribution in [0.4, 0.5) is 18.9 Å². The summed E-state index contributed by atoms with van der Waals surface area (Å²) < 4.78 is 49.3. The summed E-state index contributed by atoms with van der Waals surface area (Å²) in [6, 6.07) is 9.48. The molecule has 0 heterocycles. The van der Waals surface area contributed by atoms with Gasteiger partial charge in [0.2, 0.25) is 0 Å². The van der Waals surface area contributed by atoms with E-state index in [-0.39, 0.29) is 10.7 Å². The molecule has 0 spiro atoms. The van der Waals surface area contributed by atoms with Crippen LogP contribution in [0.3, 0.4) is 0 Å². The number of carbonyl (C=O) groups is 1. The van der Waals surface area contributed by atoms with Gasteiger partial charge in [-0.15, -0.1) is 0 Å². The predicted molar refractivity (Wildman–Crippen MR) is 92.8 cm³/mol. The molecule has 2 rings (SSSR count). The molecule has 1 N–H and O–H groups in total. The summed E-state index contributed by atoms with van der Waals surface area (Å²) in [5, 5.41) is 2.39. The van der Waals surface area contributed by atoms with Gasteiger partial charge in [0.05, 0.1) is 23.4 Å². The van der Waals surface area contributed by atoms with E-state index in [1.54, 1.807) is 31.2 Å². The number of hydrogen-bond donors (Lipinski definition) is 1. The van der Waals surface area contributed by atoms with Gasteiger partial charge in [0, 0.05) is 0 Å². The van der Waals surface area contributed by atoms with Gasteiger partial charge >= 0.3 is 6.18 Å². The van der Waals surface area contributed by atoms with Crippen LogP contribution >= 0.6 is 11.6 Å². The molecule has 0 saturated heterocycles. The summed E-state index contributed by atoms with van der Waals surface area (Å²) in [7, 11) is 1.46. The van der Waals surface area contributed by atoms with E-state index in [2.05, 4.69) is 5.32 Å². The second kappa shape index (κ2) is 8.31. The molecule has 0 fully saturated rings. The lowest BCUT2D eigenvalue weighted by atomic mass is 10.1. The average molecular weight is 388 g/mol. The van der Waals surface area contributed by atoms with Crippen molar-refractivity contribution >= 4 is 23.2 Å². The van der Waals surface area contributed by atoms with Crippen LogP contribution in [-0.2, 0) is 11.0 Å². The van der Waals surface area contributed by atoms with Gasteiger partial charge in [-0.2, -0.15) is 13.2 Å². The van der Waals surface area contributed by atoms with Crippen LogP contribution in [-0.4, -0.2) is 19.1 Å². The first kappa shape index (κ1) is 19.9. The molecular formula is C18H17ClF3NO3. The van der Waals surface area contributed by atoms with E-state index in [9.17, 15) is 18.0 Å². The fraction of sp³-hybridized carbons (Fsp3) is 0.278. The number of ether oxygens (including phenoxy) is 2. The van der Waals surface area contributed by atoms with Gasteiger partial charge in [-0.3, -0.25) is 4.79 Å². The van der Waals surface area contributed by atoms with Gasteiger partial charge in [-0.1, -0.05) is 30.7 Å². The average Bonchev–Trinajstić information content (AvgIpc) is 2.60. The summed E-state index contributed by atoms with van der Waals surface area (Å²) in [6.45, 7) is 1.72. The van der Waals surface area contributed by atoms with Crippen molar-refractivity contribution in [3.05, 3.63) is 53.1 Å². The Morgan fingerprint density at radius 3 is 2.42 bits per heavy atom. The lowest BCUT2D eigenvalue weighted by Crippen LogP contribution is -2.32. The van der Waals surface area contributed by atoms with Crippen LogP contribution in [0.2, 0.25) is 5.02 Å². The Bertz CT molecular complexity index is 781. The van der Waals surface area contributed by atoms with Gasteiger partial charge in [0.25, 0.3) is 5.91 Å². The van der Waals surface area contributed by atoms with Crippen LogP contribution in [0.5, 0.6) is 11.5 Å². The van der Waals surface area contributed by atoms with Gasteiger partial charge < -0.3 is 14.8 Å². The molecule has 1 unspecified atom stereocenters. The second-order valence-electron chi connectivity index (χ2n) is 5.35. The molecule has 26 heavy (non-hydrogen) atoms. The maximum absolute atomic E-state index is 12.8. The lowest BCUT2D eigenvalue weighted by molar-refractivity contribution is -0.137. The van der Waals surface area contributed by atoms with E-state index in [0.29, 0.717) is 17.9 Å². The first-order chi connectivity index (χ1) is 12.3. The summed E-state index contributed by atoms with van der Waals surface area (Å²) in [5.74, 6) is 0.183. The van der Waals surface area contributed by atoms with Crippen molar-refractivity contribution in [1.29, 1.82) is 0 Å². The molecule has 0 bridgehead atoms. The minimum absolute atomic E-state index is 0.00139. The van der Waals surface area contributed by atoms with Crippen molar-refractivity contribution in [2.45, 2.75) is 25.6 Å². The molecule has 2 aromatic rings. The highest BCUT2D eigenvalue weighted by molar-refractivity contribution is 6.33. The zero-order chi connectivity index (χ0) is 19.3. The number of nitrogens with one attached hydrogen (secondary N) is 1. The lowest BCUT2D eigenvalue weighted by Gasteiger charge is -2.19.